The van der Waals surface area contributed by atoms with Gasteiger partial charge in [-0.3, -0.25) is 14.4 Å². The molecule has 0 aliphatic carbocycles. The van der Waals surface area contributed by atoms with Crippen LogP contribution in [0.15, 0.2) is 29.4 Å². The summed E-state index contributed by atoms with van der Waals surface area (Å²) in [6.45, 7) is 3.37. The molecule has 0 spiro atoms. The fourth-order valence-corrected chi connectivity index (χ4v) is 4.27. The van der Waals surface area contributed by atoms with Crippen molar-refractivity contribution in [3.05, 3.63) is 45.3 Å². The predicted molar refractivity (Wildman–Crippen MR) is 112 cm³/mol. The minimum absolute atomic E-state index is 0.241. The van der Waals surface area contributed by atoms with Gasteiger partial charge in [0.1, 0.15) is 36.4 Å². The average molecular weight is 472 g/mol. The lowest BCUT2D eigenvalue weighted by molar-refractivity contribution is -0.201. The molecule has 168 valence electrons. The maximum Gasteiger partial charge on any atom is 0.303 e. The van der Waals surface area contributed by atoms with Gasteiger partial charge in [0.05, 0.1) is 0 Å². The standard InChI is InChI=1S/C19H22ClN3O7S/c1-10(24)27-8-15-17(28-11(2)25)16(22-23-21)18(29-12(3)26)19(30-15)31-9-13-4-6-14(20)7-5-13/h4-7,15-19H,8-9H2,1-3H3/t15?,16-,17-,18?,19+/m0/s1. The van der Waals surface area contributed by atoms with E-state index in [0.29, 0.717) is 10.8 Å². The Morgan fingerprint density at radius 2 is 1.71 bits per heavy atom. The molecule has 0 radical (unpaired) electrons. The van der Waals surface area contributed by atoms with Crippen LogP contribution >= 0.6 is 23.4 Å². The molecular weight excluding hydrogens is 450 g/mol. The zero-order valence-corrected chi connectivity index (χ0v) is 18.7. The number of hydrogen-bond acceptors (Lipinski definition) is 9. The highest BCUT2D eigenvalue weighted by Crippen LogP contribution is 2.35. The normalized spacial score (nSPS) is 25.1. The molecule has 0 amide bonds. The Morgan fingerprint density at radius 1 is 1.10 bits per heavy atom. The van der Waals surface area contributed by atoms with Gasteiger partial charge < -0.3 is 18.9 Å². The summed E-state index contributed by atoms with van der Waals surface area (Å²) in [4.78, 5) is 37.5. The smallest absolute Gasteiger partial charge is 0.303 e. The molecule has 0 aromatic heterocycles. The van der Waals surface area contributed by atoms with E-state index in [9.17, 15) is 14.4 Å². The zero-order chi connectivity index (χ0) is 23.0. The lowest BCUT2D eigenvalue weighted by Gasteiger charge is -2.43. The van der Waals surface area contributed by atoms with E-state index in [0.717, 1.165) is 5.56 Å². The van der Waals surface area contributed by atoms with E-state index in [4.69, 9.17) is 36.1 Å². The summed E-state index contributed by atoms with van der Waals surface area (Å²) in [5, 5.41) is 4.31. The second-order valence-electron chi connectivity index (χ2n) is 6.63. The predicted octanol–water partition coefficient (Wildman–Crippen LogP) is 3.40. The van der Waals surface area contributed by atoms with Crippen LogP contribution in [0.2, 0.25) is 5.02 Å². The lowest BCUT2D eigenvalue weighted by Crippen LogP contribution is -2.59. The number of rotatable bonds is 8. The van der Waals surface area contributed by atoms with Gasteiger partial charge in [0, 0.05) is 36.5 Å². The summed E-state index contributed by atoms with van der Waals surface area (Å²) in [6, 6.07) is 6.07. The Morgan fingerprint density at radius 3 is 2.26 bits per heavy atom. The number of benzene rings is 1. The topological polar surface area (TPSA) is 137 Å². The fraction of sp³-hybridized carbons (Fsp3) is 0.526. The highest BCUT2D eigenvalue weighted by molar-refractivity contribution is 7.99. The third-order valence-corrected chi connectivity index (χ3v) is 5.64. The largest absolute Gasteiger partial charge is 0.463 e. The fourth-order valence-electron chi connectivity index (χ4n) is 2.97. The van der Waals surface area contributed by atoms with Crippen molar-refractivity contribution in [2.45, 2.75) is 56.3 Å². The number of thioether (sulfide) groups is 1. The maximum atomic E-state index is 11.7. The molecular formula is C19H22ClN3O7S. The van der Waals surface area contributed by atoms with Gasteiger partial charge in [-0.25, -0.2) is 0 Å². The highest BCUT2D eigenvalue weighted by atomic mass is 35.5. The first-order valence-electron chi connectivity index (χ1n) is 9.24. The molecule has 0 N–H and O–H groups in total. The average Bonchev–Trinajstić information content (AvgIpc) is 2.69. The molecule has 1 fully saturated rings. The van der Waals surface area contributed by atoms with Gasteiger partial charge in [0.25, 0.3) is 0 Å². The van der Waals surface area contributed by atoms with Crippen molar-refractivity contribution >= 4 is 41.3 Å². The molecule has 2 unspecified atom stereocenters. The molecule has 1 aromatic carbocycles. The van der Waals surface area contributed by atoms with E-state index < -0.39 is 47.7 Å². The van der Waals surface area contributed by atoms with Crippen molar-refractivity contribution in [2.75, 3.05) is 6.61 Å². The van der Waals surface area contributed by atoms with Gasteiger partial charge >= 0.3 is 17.9 Å². The Bertz CT molecular complexity index is 847. The van der Waals surface area contributed by atoms with Crippen LogP contribution in [0.3, 0.4) is 0 Å². The molecule has 0 saturated carbocycles. The van der Waals surface area contributed by atoms with Crippen LogP contribution in [0.1, 0.15) is 26.3 Å². The Kier molecular flexibility index (Phi) is 9.44. The first-order chi connectivity index (χ1) is 14.7. The molecule has 12 heteroatoms. The highest BCUT2D eigenvalue weighted by Gasteiger charge is 2.49. The molecule has 31 heavy (non-hydrogen) atoms. The molecule has 1 aromatic rings. The van der Waals surface area contributed by atoms with E-state index in [-0.39, 0.29) is 6.61 Å². The van der Waals surface area contributed by atoms with Crippen molar-refractivity contribution in [3.63, 3.8) is 0 Å². The maximum absolute atomic E-state index is 11.7. The van der Waals surface area contributed by atoms with E-state index in [1.165, 1.54) is 32.5 Å². The van der Waals surface area contributed by atoms with Crippen molar-refractivity contribution in [2.24, 2.45) is 5.11 Å². The third kappa shape index (κ3) is 7.62. The first-order valence-corrected chi connectivity index (χ1v) is 10.7. The van der Waals surface area contributed by atoms with Gasteiger partial charge in [-0.1, -0.05) is 28.8 Å². The Labute approximate surface area is 188 Å². The molecule has 1 heterocycles. The molecule has 1 aliphatic rings. The number of hydrogen-bond donors (Lipinski definition) is 0. The number of carbonyl (C=O) groups is 3. The van der Waals surface area contributed by atoms with Gasteiger partial charge in [-0.15, -0.1) is 11.8 Å². The number of carbonyl (C=O) groups excluding carboxylic acids is 3. The summed E-state index contributed by atoms with van der Waals surface area (Å²) in [5.74, 6) is -1.38. The molecule has 1 saturated heterocycles. The lowest BCUT2D eigenvalue weighted by atomic mass is 9.97. The van der Waals surface area contributed by atoms with Crippen LogP contribution < -0.4 is 0 Å². The summed E-state index contributed by atoms with van der Waals surface area (Å²) in [6.07, 6.45) is -3.09. The molecule has 10 nitrogen and oxygen atoms in total. The van der Waals surface area contributed by atoms with Crippen molar-refractivity contribution in [1.82, 2.24) is 0 Å². The molecule has 1 aliphatic heterocycles. The van der Waals surface area contributed by atoms with Crippen LogP contribution in [0.25, 0.3) is 10.4 Å². The van der Waals surface area contributed by atoms with Crippen LogP contribution in [0.4, 0.5) is 0 Å². The van der Waals surface area contributed by atoms with Crippen molar-refractivity contribution in [1.29, 1.82) is 0 Å². The second kappa shape index (κ2) is 11.8. The minimum atomic E-state index is -1.12. The van der Waals surface area contributed by atoms with E-state index in [1.54, 1.807) is 12.1 Å². The van der Waals surface area contributed by atoms with Crippen molar-refractivity contribution in [3.8, 4) is 0 Å². The Balaban J connectivity index is 2.33. The number of halogens is 1. The minimum Gasteiger partial charge on any atom is -0.463 e. The van der Waals surface area contributed by atoms with Gasteiger partial charge in [0.2, 0.25) is 0 Å². The first kappa shape index (κ1) is 24.8. The van der Waals surface area contributed by atoms with Crippen LogP contribution in [-0.4, -0.2) is 54.3 Å². The summed E-state index contributed by atoms with van der Waals surface area (Å²) in [7, 11) is 0. The number of nitrogens with zero attached hydrogens (tertiary/aromatic N) is 3. The number of ether oxygens (including phenoxy) is 4. The van der Waals surface area contributed by atoms with Crippen LogP contribution in [0.5, 0.6) is 0 Å². The van der Waals surface area contributed by atoms with Gasteiger partial charge in [-0.05, 0) is 23.2 Å². The summed E-state index contributed by atoms with van der Waals surface area (Å²) >= 11 is 7.20. The zero-order valence-electron chi connectivity index (χ0n) is 17.1. The molecule has 2 rings (SSSR count). The second-order valence-corrected chi connectivity index (χ2v) is 8.15. The van der Waals surface area contributed by atoms with Crippen molar-refractivity contribution < 1.29 is 33.3 Å². The van der Waals surface area contributed by atoms with Crippen LogP contribution in [0, 0.1) is 0 Å². The van der Waals surface area contributed by atoms with E-state index >= 15 is 0 Å². The van der Waals surface area contributed by atoms with Crippen LogP contribution in [-0.2, 0) is 39.1 Å². The third-order valence-electron chi connectivity index (χ3n) is 4.18. The van der Waals surface area contributed by atoms with E-state index in [2.05, 4.69) is 10.0 Å². The van der Waals surface area contributed by atoms with E-state index in [1.807, 2.05) is 12.1 Å². The number of esters is 3. The monoisotopic (exact) mass is 471 g/mol. The molecule has 0 bridgehead atoms. The van der Waals surface area contributed by atoms with Gasteiger partial charge in [0.15, 0.2) is 0 Å². The molecule has 5 atom stereocenters. The number of azide groups is 1. The summed E-state index contributed by atoms with van der Waals surface area (Å²) < 4.78 is 21.7. The SMILES string of the molecule is CC(=O)OCC1O[C@H](SCc2ccc(Cl)cc2)C(OC(C)=O)[C@@H](N=[N+]=[N-])[C@H]1OC(C)=O. The van der Waals surface area contributed by atoms with Gasteiger partial charge in [-0.2, -0.15) is 0 Å². The summed E-state index contributed by atoms with van der Waals surface area (Å²) in [5.41, 5.74) is 9.22. The Hall–Kier alpha value is -2.46. The quantitative estimate of drug-likeness (QED) is 0.185.